The number of ether oxygens (including phenoxy) is 1. The number of rotatable bonds is 8. The highest BCUT2D eigenvalue weighted by atomic mass is 35.5. The van der Waals surface area contributed by atoms with E-state index in [-0.39, 0.29) is 17.7 Å². The summed E-state index contributed by atoms with van der Waals surface area (Å²) in [7, 11) is 0. The normalized spacial score (nSPS) is 14.6. The fourth-order valence-electron chi connectivity index (χ4n) is 2.45. The Morgan fingerprint density at radius 1 is 1.33 bits per heavy atom. The topological polar surface area (TPSA) is 86.1 Å². The van der Waals surface area contributed by atoms with Crippen LogP contribution < -0.4 is 5.32 Å². The minimum atomic E-state index is -0.799. The van der Waals surface area contributed by atoms with Gasteiger partial charge in [-0.2, -0.15) is 0 Å². The maximum absolute atomic E-state index is 12.1. The molecular weight excluding hydrogens is 388 g/mol. The molecule has 0 radical (unpaired) electrons. The smallest absolute Gasteiger partial charge is 0.317 e. The Morgan fingerprint density at radius 3 is 2.67 bits per heavy atom. The summed E-state index contributed by atoms with van der Waals surface area (Å²) in [6.07, 6.45) is 1.18. The summed E-state index contributed by atoms with van der Waals surface area (Å²) < 4.78 is 7.12. The number of hydrogen-bond donors (Lipinski definition) is 1. The summed E-state index contributed by atoms with van der Waals surface area (Å²) in [6.45, 7) is 4.21. The molecule has 1 aromatic carbocycles. The second kappa shape index (κ2) is 8.75. The third kappa shape index (κ3) is 5.23. The fraction of sp³-hybridized carbons (Fsp3) is 0.444. The highest BCUT2D eigenvalue weighted by Gasteiger charge is 2.27. The van der Waals surface area contributed by atoms with Gasteiger partial charge >= 0.3 is 5.97 Å². The Balaban J connectivity index is 1.58. The van der Waals surface area contributed by atoms with Gasteiger partial charge in [-0.15, -0.1) is 10.2 Å². The molecule has 1 N–H and O–H groups in total. The number of benzene rings is 1. The standard InChI is InChI=1S/C18H21ClN4O3S/c1-3-23-16(12-4-6-13(19)7-5-12)21-22-18(23)27-10-15(24)26-11(2)17(25)20-14-8-9-14/h4-7,11,14H,3,8-10H2,1-2H3,(H,20,25)/t11-/m1/s1. The van der Waals surface area contributed by atoms with Crippen LogP contribution in [-0.2, 0) is 20.9 Å². The van der Waals surface area contributed by atoms with Gasteiger partial charge in [-0.1, -0.05) is 23.4 Å². The summed E-state index contributed by atoms with van der Waals surface area (Å²) in [5.41, 5.74) is 0.897. The van der Waals surface area contributed by atoms with Gasteiger partial charge in [0.1, 0.15) is 0 Å². The zero-order valence-electron chi connectivity index (χ0n) is 15.1. The Labute approximate surface area is 166 Å². The molecule has 0 saturated heterocycles. The number of aromatic nitrogens is 3. The Bertz CT molecular complexity index is 821. The lowest BCUT2D eigenvalue weighted by Gasteiger charge is -2.13. The van der Waals surface area contributed by atoms with E-state index in [1.54, 1.807) is 19.1 Å². The van der Waals surface area contributed by atoms with E-state index in [1.165, 1.54) is 11.8 Å². The molecule has 1 fully saturated rings. The molecule has 0 unspecified atom stereocenters. The SMILES string of the molecule is CCn1c(SCC(=O)O[C@H](C)C(=O)NC2CC2)nnc1-c1ccc(Cl)cc1. The van der Waals surface area contributed by atoms with Crippen LogP contribution >= 0.6 is 23.4 Å². The van der Waals surface area contributed by atoms with Gasteiger partial charge in [-0.05, 0) is 51.0 Å². The lowest BCUT2D eigenvalue weighted by molar-refractivity contribution is -0.152. The average molecular weight is 409 g/mol. The van der Waals surface area contributed by atoms with Crippen LogP contribution in [-0.4, -0.2) is 44.5 Å². The Kier molecular flexibility index (Phi) is 6.38. The van der Waals surface area contributed by atoms with Crippen LogP contribution in [0.15, 0.2) is 29.4 Å². The maximum atomic E-state index is 12.1. The van der Waals surface area contributed by atoms with Crippen LogP contribution in [0.3, 0.4) is 0 Å². The largest absolute Gasteiger partial charge is 0.452 e. The van der Waals surface area contributed by atoms with Crippen molar-refractivity contribution in [2.24, 2.45) is 0 Å². The second-order valence-corrected chi connectivity index (χ2v) is 7.64. The minimum absolute atomic E-state index is 0.0554. The van der Waals surface area contributed by atoms with E-state index in [0.717, 1.165) is 18.4 Å². The lowest BCUT2D eigenvalue weighted by atomic mass is 10.2. The van der Waals surface area contributed by atoms with E-state index < -0.39 is 12.1 Å². The third-order valence-corrected chi connectivity index (χ3v) is 5.25. The summed E-state index contributed by atoms with van der Waals surface area (Å²) >= 11 is 7.17. The third-order valence-electron chi connectivity index (χ3n) is 4.06. The highest BCUT2D eigenvalue weighted by molar-refractivity contribution is 7.99. The van der Waals surface area contributed by atoms with E-state index in [9.17, 15) is 9.59 Å². The second-order valence-electron chi connectivity index (χ2n) is 6.26. The van der Waals surface area contributed by atoms with Crippen molar-refractivity contribution in [2.45, 2.75) is 50.5 Å². The molecule has 1 aliphatic rings. The quantitative estimate of drug-likeness (QED) is 0.534. The van der Waals surface area contributed by atoms with Crippen molar-refractivity contribution in [3.05, 3.63) is 29.3 Å². The van der Waals surface area contributed by atoms with E-state index >= 15 is 0 Å². The molecule has 0 bridgehead atoms. The van der Waals surface area contributed by atoms with Crippen LogP contribution in [0, 0.1) is 0 Å². The summed E-state index contributed by atoms with van der Waals surface area (Å²) in [5, 5.41) is 12.5. The van der Waals surface area contributed by atoms with Gasteiger partial charge in [0.15, 0.2) is 17.1 Å². The number of nitrogens with one attached hydrogen (secondary N) is 1. The molecule has 1 saturated carbocycles. The first-order chi connectivity index (χ1) is 13.0. The molecule has 2 aromatic rings. The number of carbonyl (C=O) groups excluding carboxylic acids is 2. The van der Waals surface area contributed by atoms with Crippen molar-refractivity contribution in [1.82, 2.24) is 20.1 Å². The zero-order valence-corrected chi connectivity index (χ0v) is 16.7. The minimum Gasteiger partial charge on any atom is -0.452 e. The molecule has 0 aliphatic heterocycles. The van der Waals surface area contributed by atoms with Crippen molar-refractivity contribution in [1.29, 1.82) is 0 Å². The zero-order chi connectivity index (χ0) is 19.4. The number of nitrogens with zero attached hydrogens (tertiary/aromatic N) is 3. The number of amides is 1. The van der Waals surface area contributed by atoms with E-state index in [4.69, 9.17) is 16.3 Å². The van der Waals surface area contributed by atoms with Crippen LogP contribution in [0.2, 0.25) is 5.02 Å². The molecule has 1 heterocycles. The number of thioether (sulfide) groups is 1. The summed E-state index contributed by atoms with van der Waals surface area (Å²) in [6, 6.07) is 7.58. The molecule has 3 rings (SSSR count). The molecular formula is C18H21ClN4O3S. The molecule has 1 atom stereocenters. The first kappa shape index (κ1) is 19.7. The molecule has 1 aliphatic carbocycles. The van der Waals surface area contributed by atoms with E-state index in [0.29, 0.717) is 22.5 Å². The van der Waals surface area contributed by atoms with E-state index in [2.05, 4.69) is 15.5 Å². The van der Waals surface area contributed by atoms with Gasteiger partial charge in [0.05, 0.1) is 5.75 Å². The molecule has 27 heavy (non-hydrogen) atoms. The first-order valence-electron chi connectivity index (χ1n) is 8.79. The van der Waals surface area contributed by atoms with Gasteiger partial charge in [-0.3, -0.25) is 9.59 Å². The van der Waals surface area contributed by atoms with Gasteiger partial charge in [0.25, 0.3) is 5.91 Å². The number of carbonyl (C=O) groups is 2. The van der Waals surface area contributed by atoms with Crippen molar-refractivity contribution < 1.29 is 14.3 Å². The van der Waals surface area contributed by atoms with Crippen LogP contribution in [0.1, 0.15) is 26.7 Å². The fourth-order valence-corrected chi connectivity index (χ4v) is 3.36. The number of esters is 1. The van der Waals surface area contributed by atoms with Gasteiger partial charge in [-0.25, -0.2) is 0 Å². The van der Waals surface area contributed by atoms with Crippen molar-refractivity contribution in [3.63, 3.8) is 0 Å². The van der Waals surface area contributed by atoms with Crippen LogP contribution in [0.25, 0.3) is 11.4 Å². The van der Waals surface area contributed by atoms with Crippen LogP contribution in [0.5, 0.6) is 0 Å². The predicted octanol–water partition coefficient (Wildman–Crippen LogP) is 2.92. The van der Waals surface area contributed by atoms with Crippen molar-refractivity contribution in [2.75, 3.05) is 5.75 Å². The van der Waals surface area contributed by atoms with Crippen molar-refractivity contribution in [3.8, 4) is 11.4 Å². The molecule has 9 heteroatoms. The summed E-state index contributed by atoms with van der Waals surface area (Å²) in [5.74, 6) is 0.0525. The lowest BCUT2D eigenvalue weighted by Crippen LogP contribution is -2.37. The maximum Gasteiger partial charge on any atom is 0.317 e. The monoisotopic (exact) mass is 408 g/mol. The molecule has 1 amide bonds. The Morgan fingerprint density at radius 2 is 2.04 bits per heavy atom. The van der Waals surface area contributed by atoms with E-state index in [1.807, 2.05) is 23.6 Å². The number of hydrogen-bond acceptors (Lipinski definition) is 6. The van der Waals surface area contributed by atoms with Crippen LogP contribution in [0.4, 0.5) is 0 Å². The van der Waals surface area contributed by atoms with Gasteiger partial charge in [0, 0.05) is 23.2 Å². The predicted molar refractivity (Wildman–Crippen MR) is 104 cm³/mol. The van der Waals surface area contributed by atoms with Crippen molar-refractivity contribution >= 4 is 35.2 Å². The average Bonchev–Trinajstić information content (AvgIpc) is 3.37. The molecule has 144 valence electrons. The summed E-state index contributed by atoms with van der Waals surface area (Å²) in [4.78, 5) is 23.9. The highest BCUT2D eigenvalue weighted by Crippen LogP contribution is 2.25. The first-order valence-corrected chi connectivity index (χ1v) is 10.2. The Hall–Kier alpha value is -2.06. The molecule has 7 nitrogen and oxygen atoms in total. The van der Waals surface area contributed by atoms with Gasteiger partial charge < -0.3 is 14.6 Å². The number of halogens is 1. The van der Waals surface area contributed by atoms with Gasteiger partial charge in [0.2, 0.25) is 0 Å². The molecule has 0 spiro atoms. The molecule has 1 aromatic heterocycles.